The zero-order valence-corrected chi connectivity index (χ0v) is 13.6. The predicted octanol–water partition coefficient (Wildman–Crippen LogP) is 2.47. The molecule has 1 fully saturated rings. The van der Waals surface area contributed by atoms with E-state index in [2.05, 4.69) is 10.6 Å². The van der Waals surface area contributed by atoms with Gasteiger partial charge in [-0.25, -0.2) is 0 Å². The molecule has 1 atom stereocenters. The van der Waals surface area contributed by atoms with Crippen molar-refractivity contribution in [3.8, 4) is 0 Å². The zero-order valence-electron chi connectivity index (χ0n) is 12.8. The molecule has 6 heteroatoms. The van der Waals surface area contributed by atoms with Crippen LogP contribution in [-0.2, 0) is 16.1 Å². The van der Waals surface area contributed by atoms with Gasteiger partial charge in [0.25, 0.3) is 0 Å². The summed E-state index contributed by atoms with van der Waals surface area (Å²) in [6, 6.07) is 7.80. The summed E-state index contributed by atoms with van der Waals surface area (Å²) in [5.74, 6) is 0.0774. The molecule has 1 aliphatic heterocycles. The van der Waals surface area contributed by atoms with Crippen LogP contribution in [0.25, 0.3) is 10.9 Å². The van der Waals surface area contributed by atoms with Gasteiger partial charge in [0.1, 0.15) is 0 Å². The molecule has 1 saturated heterocycles. The van der Waals surface area contributed by atoms with Crippen molar-refractivity contribution in [2.75, 3.05) is 6.54 Å². The van der Waals surface area contributed by atoms with Gasteiger partial charge in [-0.1, -0.05) is 11.6 Å². The van der Waals surface area contributed by atoms with E-state index in [0.29, 0.717) is 31.0 Å². The summed E-state index contributed by atoms with van der Waals surface area (Å²) >= 11 is 5.98. The van der Waals surface area contributed by atoms with Gasteiger partial charge in [0.05, 0.1) is 0 Å². The molecule has 2 heterocycles. The van der Waals surface area contributed by atoms with Crippen molar-refractivity contribution in [3.63, 3.8) is 0 Å². The average Bonchev–Trinajstić information content (AvgIpc) is 2.93. The number of rotatable bonds is 5. The van der Waals surface area contributed by atoms with Crippen LogP contribution in [0.2, 0.25) is 5.02 Å². The molecule has 0 saturated carbocycles. The Kier molecular flexibility index (Phi) is 4.86. The molecule has 0 unspecified atom stereocenters. The van der Waals surface area contributed by atoms with E-state index in [-0.39, 0.29) is 17.9 Å². The van der Waals surface area contributed by atoms with Crippen molar-refractivity contribution in [1.82, 2.24) is 15.2 Å². The molecule has 0 aliphatic carbocycles. The Hall–Kier alpha value is -2.01. The molecule has 0 bridgehead atoms. The molecule has 2 aromatic rings. The lowest BCUT2D eigenvalue weighted by Crippen LogP contribution is -2.46. The molecular formula is C17H20ClN3O2. The molecule has 5 nitrogen and oxygen atoms in total. The van der Waals surface area contributed by atoms with Gasteiger partial charge in [-0.15, -0.1) is 0 Å². The number of nitrogens with zero attached hydrogens (tertiary/aromatic N) is 1. The minimum absolute atomic E-state index is 0.000589. The molecule has 2 N–H and O–H groups in total. The first-order chi connectivity index (χ1) is 11.1. The predicted molar refractivity (Wildman–Crippen MR) is 90.4 cm³/mol. The number of benzene rings is 1. The van der Waals surface area contributed by atoms with E-state index in [4.69, 9.17) is 11.6 Å². The molecule has 3 rings (SSSR count). The van der Waals surface area contributed by atoms with E-state index in [1.54, 1.807) is 0 Å². The third-order valence-corrected chi connectivity index (χ3v) is 4.42. The van der Waals surface area contributed by atoms with Crippen LogP contribution in [0.3, 0.4) is 0 Å². The lowest BCUT2D eigenvalue weighted by atomic mass is 10.0. The number of hydrogen-bond acceptors (Lipinski definition) is 2. The second-order valence-corrected chi connectivity index (χ2v) is 6.36. The fraction of sp³-hybridized carbons (Fsp3) is 0.412. The fourth-order valence-electron chi connectivity index (χ4n) is 2.95. The Balaban J connectivity index is 1.49. The average molecular weight is 334 g/mol. The van der Waals surface area contributed by atoms with Gasteiger partial charge in [-0.3, -0.25) is 9.59 Å². The number of carbonyl (C=O) groups excluding carboxylic acids is 2. The summed E-state index contributed by atoms with van der Waals surface area (Å²) < 4.78 is 2.05. The van der Waals surface area contributed by atoms with Crippen LogP contribution in [0, 0.1) is 0 Å². The SMILES string of the molecule is O=C(CCn1ccc2cc(Cl)ccc21)NC[C@H]1CCCC(=O)N1. The molecule has 0 radical (unpaired) electrons. The number of nitrogens with one attached hydrogen (secondary N) is 2. The number of amides is 2. The van der Waals surface area contributed by atoms with E-state index < -0.39 is 0 Å². The van der Waals surface area contributed by atoms with Crippen LogP contribution in [0.5, 0.6) is 0 Å². The maximum atomic E-state index is 12.0. The largest absolute Gasteiger partial charge is 0.354 e. The van der Waals surface area contributed by atoms with Crippen molar-refractivity contribution in [1.29, 1.82) is 0 Å². The van der Waals surface area contributed by atoms with E-state index in [1.165, 1.54) is 0 Å². The maximum absolute atomic E-state index is 12.0. The molecular weight excluding hydrogens is 314 g/mol. The Morgan fingerprint density at radius 1 is 1.39 bits per heavy atom. The highest BCUT2D eigenvalue weighted by Crippen LogP contribution is 2.20. The van der Waals surface area contributed by atoms with Gasteiger partial charge < -0.3 is 15.2 Å². The summed E-state index contributed by atoms with van der Waals surface area (Å²) in [5.41, 5.74) is 1.07. The van der Waals surface area contributed by atoms with Crippen molar-refractivity contribution in [2.45, 2.75) is 38.3 Å². The molecule has 1 aromatic heterocycles. The standard InChI is InChI=1S/C17H20ClN3O2/c18-13-4-5-15-12(10-13)6-8-21(15)9-7-16(22)19-11-14-2-1-3-17(23)20-14/h4-6,8,10,14H,1-3,7,9,11H2,(H,19,22)(H,20,23)/t14-/m1/s1. The number of halogens is 1. The number of fused-ring (bicyclic) bond motifs is 1. The van der Waals surface area contributed by atoms with Crippen LogP contribution in [0.1, 0.15) is 25.7 Å². The summed E-state index contributed by atoms with van der Waals surface area (Å²) in [6.07, 6.45) is 4.79. The first kappa shape index (κ1) is 15.9. The topological polar surface area (TPSA) is 63.1 Å². The first-order valence-electron chi connectivity index (χ1n) is 7.92. The second kappa shape index (κ2) is 7.04. The smallest absolute Gasteiger partial charge is 0.221 e. The first-order valence-corrected chi connectivity index (χ1v) is 8.30. The number of aromatic nitrogens is 1. The van der Waals surface area contributed by atoms with Gasteiger partial charge in [0, 0.05) is 54.1 Å². The van der Waals surface area contributed by atoms with Gasteiger partial charge in [0.15, 0.2) is 0 Å². The Labute approximate surface area is 140 Å². The third kappa shape index (κ3) is 4.05. The van der Waals surface area contributed by atoms with E-state index in [9.17, 15) is 9.59 Å². The monoisotopic (exact) mass is 333 g/mol. The summed E-state index contributed by atoms with van der Waals surface area (Å²) in [7, 11) is 0. The van der Waals surface area contributed by atoms with Gasteiger partial charge in [-0.05, 0) is 37.1 Å². The minimum Gasteiger partial charge on any atom is -0.354 e. The number of aryl methyl sites for hydroxylation is 1. The van der Waals surface area contributed by atoms with Crippen LogP contribution >= 0.6 is 11.6 Å². The summed E-state index contributed by atoms with van der Waals surface area (Å²) in [5, 5.41) is 7.59. The molecule has 1 aliphatic rings. The molecule has 2 amide bonds. The highest BCUT2D eigenvalue weighted by molar-refractivity contribution is 6.31. The van der Waals surface area contributed by atoms with Crippen molar-refractivity contribution >= 4 is 34.3 Å². The Bertz CT molecular complexity index is 726. The van der Waals surface area contributed by atoms with Gasteiger partial charge >= 0.3 is 0 Å². The molecule has 1 aromatic carbocycles. The third-order valence-electron chi connectivity index (χ3n) is 4.18. The number of hydrogen-bond donors (Lipinski definition) is 2. The van der Waals surface area contributed by atoms with Crippen LogP contribution in [0.15, 0.2) is 30.5 Å². The number of piperidine rings is 1. The lowest BCUT2D eigenvalue weighted by molar-refractivity contribution is -0.124. The van der Waals surface area contributed by atoms with Crippen molar-refractivity contribution in [3.05, 3.63) is 35.5 Å². The summed E-state index contributed by atoms with van der Waals surface area (Å²) in [4.78, 5) is 23.3. The van der Waals surface area contributed by atoms with Gasteiger partial charge in [0.2, 0.25) is 11.8 Å². The van der Waals surface area contributed by atoms with Crippen LogP contribution in [0.4, 0.5) is 0 Å². The zero-order chi connectivity index (χ0) is 16.2. The van der Waals surface area contributed by atoms with E-state index >= 15 is 0 Å². The normalized spacial score (nSPS) is 18.0. The van der Waals surface area contributed by atoms with E-state index in [1.807, 2.05) is 35.0 Å². The Morgan fingerprint density at radius 3 is 3.09 bits per heavy atom. The van der Waals surface area contributed by atoms with Crippen LogP contribution in [-0.4, -0.2) is 29.0 Å². The molecule has 0 spiro atoms. The van der Waals surface area contributed by atoms with Gasteiger partial charge in [-0.2, -0.15) is 0 Å². The second-order valence-electron chi connectivity index (χ2n) is 5.92. The molecule has 122 valence electrons. The Morgan fingerprint density at radius 2 is 2.26 bits per heavy atom. The van der Waals surface area contributed by atoms with Crippen molar-refractivity contribution in [2.24, 2.45) is 0 Å². The maximum Gasteiger partial charge on any atom is 0.221 e. The number of carbonyl (C=O) groups is 2. The lowest BCUT2D eigenvalue weighted by Gasteiger charge is -2.23. The highest BCUT2D eigenvalue weighted by atomic mass is 35.5. The summed E-state index contributed by atoms with van der Waals surface area (Å²) in [6.45, 7) is 1.13. The molecule has 23 heavy (non-hydrogen) atoms. The minimum atomic E-state index is 0.000589. The van der Waals surface area contributed by atoms with Crippen LogP contribution < -0.4 is 10.6 Å². The highest BCUT2D eigenvalue weighted by Gasteiger charge is 2.18. The van der Waals surface area contributed by atoms with E-state index in [0.717, 1.165) is 23.7 Å². The fourth-order valence-corrected chi connectivity index (χ4v) is 3.13. The van der Waals surface area contributed by atoms with Crippen molar-refractivity contribution < 1.29 is 9.59 Å². The quantitative estimate of drug-likeness (QED) is 0.883.